The van der Waals surface area contributed by atoms with Gasteiger partial charge in [-0.05, 0) is 12.8 Å². The molecular formula is C10H16N4O3. The van der Waals surface area contributed by atoms with E-state index < -0.39 is 18.0 Å². The number of piperazine rings is 1. The van der Waals surface area contributed by atoms with Gasteiger partial charge in [0.15, 0.2) is 0 Å². The van der Waals surface area contributed by atoms with E-state index >= 15 is 0 Å². The van der Waals surface area contributed by atoms with Gasteiger partial charge in [0.1, 0.15) is 12.1 Å². The molecular weight excluding hydrogens is 224 g/mol. The van der Waals surface area contributed by atoms with Crippen LogP contribution in [0.5, 0.6) is 0 Å². The van der Waals surface area contributed by atoms with Gasteiger partial charge in [0, 0.05) is 13.1 Å². The Bertz CT molecular complexity index is 347. The molecule has 0 bridgehead atoms. The van der Waals surface area contributed by atoms with Crippen molar-refractivity contribution in [1.29, 1.82) is 0 Å². The van der Waals surface area contributed by atoms with E-state index in [1.165, 1.54) is 4.90 Å². The van der Waals surface area contributed by atoms with E-state index in [4.69, 9.17) is 5.73 Å². The van der Waals surface area contributed by atoms with Crippen molar-refractivity contribution in [3.8, 4) is 0 Å². The number of likely N-dealkylation sites (tertiary alicyclic amines) is 1. The third kappa shape index (κ3) is 2.38. The molecule has 0 radical (unpaired) electrons. The summed E-state index contributed by atoms with van der Waals surface area (Å²) in [4.78, 5) is 35.8. The van der Waals surface area contributed by atoms with E-state index in [2.05, 4.69) is 10.6 Å². The number of nitrogens with two attached hydrogens (primary N) is 1. The minimum atomic E-state index is -0.498. The van der Waals surface area contributed by atoms with Crippen LogP contribution in [0.2, 0.25) is 0 Å². The SMILES string of the molecule is NC(=O)C1CCCN1C(=O)C1CNC(=O)CN1. The summed E-state index contributed by atoms with van der Waals surface area (Å²) < 4.78 is 0. The maximum absolute atomic E-state index is 12.1. The van der Waals surface area contributed by atoms with Crippen LogP contribution in [-0.4, -0.2) is 54.3 Å². The summed E-state index contributed by atoms with van der Waals surface area (Å²) >= 11 is 0. The molecule has 7 heteroatoms. The second-order valence-electron chi connectivity index (χ2n) is 4.33. The molecule has 2 heterocycles. The molecule has 0 spiro atoms. The average molecular weight is 240 g/mol. The lowest BCUT2D eigenvalue weighted by atomic mass is 10.1. The fourth-order valence-electron chi connectivity index (χ4n) is 2.27. The molecule has 3 amide bonds. The number of hydrogen-bond acceptors (Lipinski definition) is 4. The van der Waals surface area contributed by atoms with Gasteiger partial charge in [-0.3, -0.25) is 19.7 Å². The van der Waals surface area contributed by atoms with E-state index in [0.29, 0.717) is 13.0 Å². The molecule has 0 aromatic carbocycles. The molecule has 94 valence electrons. The quantitative estimate of drug-likeness (QED) is 0.498. The van der Waals surface area contributed by atoms with Crippen LogP contribution < -0.4 is 16.4 Å². The molecule has 2 aliphatic heterocycles. The van der Waals surface area contributed by atoms with Gasteiger partial charge in [0.05, 0.1) is 6.54 Å². The molecule has 2 aliphatic rings. The number of primary amides is 1. The van der Waals surface area contributed by atoms with Crippen molar-refractivity contribution >= 4 is 17.7 Å². The van der Waals surface area contributed by atoms with Gasteiger partial charge < -0.3 is 16.0 Å². The Morgan fingerprint density at radius 2 is 2.18 bits per heavy atom. The first-order valence-corrected chi connectivity index (χ1v) is 5.69. The van der Waals surface area contributed by atoms with Crippen molar-refractivity contribution in [2.24, 2.45) is 5.73 Å². The minimum Gasteiger partial charge on any atom is -0.368 e. The van der Waals surface area contributed by atoms with Crippen LogP contribution in [-0.2, 0) is 14.4 Å². The van der Waals surface area contributed by atoms with E-state index in [-0.39, 0.29) is 24.9 Å². The highest BCUT2D eigenvalue weighted by Gasteiger charge is 2.36. The van der Waals surface area contributed by atoms with Crippen molar-refractivity contribution in [2.75, 3.05) is 19.6 Å². The van der Waals surface area contributed by atoms with Crippen LogP contribution in [0.3, 0.4) is 0 Å². The van der Waals surface area contributed by atoms with Crippen molar-refractivity contribution < 1.29 is 14.4 Å². The van der Waals surface area contributed by atoms with Crippen molar-refractivity contribution in [3.05, 3.63) is 0 Å². The average Bonchev–Trinajstić information content (AvgIpc) is 2.78. The van der Waals surface area contributed by atoms with E-state index in [1.807, 2.05) is 0 Å². The largest absolute Gasteiger partial charge is 0.368 e. The summed E-state index contributed by atoms with van der Waals surface area (Å²) in [5.74, 6) is -0.746. The van der Waals surface area contributed by atoms with Gasteiger partial charge in [0.2, 0.25) is 17.7 Å². The number of amides is 3. The molecule has 2 atom stereocenters. The maximum atomic E-state index is 12.1. The van der Waals surface area contributed by atoms with Gasteiger partial charge >= 0.3 is 0 Å². The first-order chi connectivity index (χ1) is 8.09. The summed E-state index contributed by atoms with van der Waals surface area (Å²) in [6.45, 7) is 0.948. The molecule has 0 aromatic heterocycles. The normalized spacial score (nSPS) is 28.9. The molecule has 2 saturated heterocycles. The Balaban J connectivity index is 1.99. The van der Waals surface area contributed by atoms with E-state index in [0.717, 1.165) is 6.42 Å². The number of nitrogens with one attached hydrogen (secondary N) is 2. The lowest BCUT2D eigenvalue weighted by Crippen LogP contribution is -2.60. The van der Waals surface area contributed by atoms with E-state index in [1.54, 1.807) is 0 Å². The highest BCUT2D eigenvalue weighted by Crippen LogP contribution is 2.18. The summed E-state index contributed by atoms with van der Waals surface area (Å²) in [5.41, 5.74) is 5.25. The maximum Gasteiger partial charge on any atom is 0.242 e. The number of carbonyl (C=O) groups is 3. The van der Waals surface area contributed by atoms with Crippen molar-refractivity contribution in [1.82, 2.24) is 15.5 Å². The smallest absolute Gasteiger partial charge is 0.242 e. The molecule has 17 heavy (non-hydrogen) atoms. The first kappa shape index (κ1) is 11.8. The number of rotatable bonds is 2. The van der Waals surface area contributed by atoms with Gasteiger partial charge in [0.25, 0.3) is 0 Å². The predicted molar refractivity (Wildman–Crippen MR) is 58.7 cm³/mol. The topological polar surface area (TPSA) is 105 Å². The third-order valence-electron chi connectivity index (χ3n) is 3.17. The van der Waals surface area contributed by atoms with Gasteiger partial charge in [-0.2, -0.15) is 0 Å². The second kappa shape index (κ2) is 4.70. The minimum absolute atomic E-state index is 0.123. The monoisotopic (exact) mass is 240 g/mol. The molecule has 4 N–H and O–H groups in total. The summed E-state index contributed by atoms with van der Waals surface area (Å²) in [6, 6.07) is -0.949. The zero-order chi connectivity index (χ0) is 12.4. The van der Waals surface area contributed by atoms with Crippen LogP contribution >= 0.6 is 0 Å². The molecule has 7 nitrogen and oxygen atoms in total. The molecule has 0 saturated carbocycles. The Labute approximate surface area is 98.7 Å². The molecule has 2 rings (SSSR count). The van der Waals surface area contributed by atoms with Gasteiger partial charge in [-0.25, -0.2) is 0 Å². The number of carbonyl (C=O) groups excluding carboxylic acids is 3. The summed E-state index contributed by atoms with van der Waals surface area (Å²) in [7, 11) is 0. The Kier molecular flexibility index (Phi) is 3.28. The zero-order valence-corrected chi connectivity index (χ0v) is 9.44. The second-order valence-corrected chi connectivity index (χ2v) is 4.33. The van der Waals surface area contributed by atoms with Gasteiger partial charge in [-0.1, -0.05) is 0 Å². The molecule has 0 aromatic rings. The van der Waals surface area contributed by atoms with Crippen molar-refractivity contribution in [3.63, 3.8) is 0 Å². The lowest BCUT2D eigenvalue weighted by Gasteiger charge is -2.30. The van der Waals surface area contributed by atoms with Crippen LogP contribution in [0.25, 0.3) is 0 Å². The van der Waals surface area contributed by atoms with Crippen LogP contribution in [0.4, 0.5) is 0 Å². The van der Waals surface area contributed by atoms with Crippen LogP contribution in [0, 0.1) is 0 Å². The Morgan fingerprint density at radius 3 is 2.76 bits per heavy atom. The highest BCUT2D eigenvalue weighted by atomic mass is 16.2. The van der Waals surface area contributed by atoms with E-state index in [9.17, 15) is 14.4 Å². The lowest BCUT2D eigenvalue weighted by molar-refractivity contribution is -0.140. The van der Waals surface area contributed by atoms with Crippen LogP contribution in [0.15, 0.2) is 0 Å². The predicted octanol–water partition coefficient (Wildman–Crippen LogP) is -2.45. The zero-order valence-electron chi connectivity index (χ0n) is 9.44. The number of nitrogens with zero attached hydrogens (tertiary/aromatic N) is 1. The standard InChI is InChI=1S/C10H16N4O3/c11-9(16)7-2-1-3-14(7)10(17)6-4-13-8(15)5-12-6/h6-7,12H,1-5H2,(H2,11,16)(H,13,15). The fraction of sp³-hybridized carbons (Fsp3) is 0.700. The fourth-order valence-corrected chi connectivity index (χ4v) is 2.27. The summed E-state index contributed by atoms with van der Waals surface area (Å²) in [6.07, 6.45) is 1.42. The first-order valence-electron chi connectivity index (χ1n) is 5.69. The third-order valence-corrected chi connectivity index (χ3v) is 3.17. The number of hydrogen-bond donors (Lipinski definition) is 3. The molecule has 0 aliphatic carbocycles. The molecule has 2 unspecified atom stereocenters. The Hall–Kier alpha value is -1.63. The van der Waals surface area contributed by atoms with Crippen LogP contribution in [0.1, 0.15) is 12.8 Å². The highest BCUT2D eigenvalue weighted by molar-refractivity contribution is 5.91. The summed E-state index contributed by atoms with van der Waals surface area (Å²) in [5, 5.41) is 5.47. The Morgan fingerprint density at radius 1 is 1.41 bits per heavy atom. The molecule has 2 fully saturated rings. The van der Waals surface area contributed by atoms with Crippen molar-refractivity contribution in [2.45, 2.75) is 24.9 Å². The van der Waals surface area contributed by atoms with Gasteiger partial charge in [-0.15, -0.1) is 0 Å².